The molecule has 1 aromatic heterocycles. The van der Waals surface area contributed by atoms with Crippen LogP contribution in [-0.4, -0.2) is 28.1 Å². The van der Waals surface area contributed by atoms with E-state index in [0.717, 1.165) is 16.9 Å². The number of rotatable bonds is 5. The summed E-state index contributed by atoms with van der Waals surface area (Å²) < 4.78 is 7.32. The molecule has 6 nitrogen and oxygen atoms in total. The average Bonchev–Trinajstić information content (AvgIpc) is 3.04. The van der Waals surface area contributed by atoms with E-state index in [-0.39, 0.29) is 18.1 Å². The lowest BCUT2D eigenvalue weighted by atomic mass is 9.85. The Morgan fingerprint density at radius 1 is 1.18 bits per heavy atom. The number of carbonyl (C=O) groups excluding carboxylic acids is 2. The number of nitrogens with zero attached hydrogens (tertiary/aromatic N) is 2. The van der Waals surface area contributed by atoms with Gasteiger partial charge in [0, 0.05) is 12.0 Å². The van der Waals surface area contributed by atoms with E-state index in [2.05, 4.69) is 10.4 Å². The van der Waals surface area contributed by atoms with Crippen LogP contribution in [-0.2, 0) is 4.79 Å². The van der Waals surface area contributed by atoms with Crippen LogP contribution in [0.15, 0.2) is 54.6 Å². The molecule has 1 unspecified atom stereocenters. The zero-order valence-corrected chi connectivity index (χ0v) is 15.8. The van der Waals surface area contributed by atoms with Crippen LogP contribution in [0.1, 0.15) is 40.9 Å². The van der Waals surface area contributed by atoms with Gasteiger partial charge in [-0.3, -0.25) is 9.59 Å². The lowest BCUT2D eigenvalue weighted by molar-refractivity contribution is -0.116. The van der Waals surface area contributed by atoms with E-state index >= 15 is 0 Å². The zero-order chi connectivity index (χ0) is 19.7. The zero-order valence-electron chi connectivity index (χ0n) is 15.8. The molecule has 2 aromatic carbocycles. The SMILES string of the molecule is CCOc1ccccc1C(=O)C1CC(=O)Nc2c1c(C)nn2-c1ccccc1. The number of ketones is 1. The Hall–Kier alpha value is -3.41. The van der Waals surface area contributed by atoms with Gasteiger partial charge in [0.15, 0.2) is 5.78 Å². The first-order valence-corrected chi connectivity index (χ1v) is 9.31. The van der Waals surface area contributed by atoms with E-state index < -0.39 is 5.92 Å². The quantitative estimate of drug-likeness (QED) is 0.687. The maximum atomic E-state index is 13.4. The van der Waals surface area contributed by atoms with Crippen LogP contribution < -0.4 is 10.1 Å². The fourth-order valence-electron chi connectivity index (χ4n) is 3.67. The number of ether oxygens (including phenoxy) is 1. The van der Waals surface area contributed by atoms with Gasteiger partial charge in [0.1, 0.15) is 11.6 Å². The van der Waals surface area contributed by atoms with E-state index in [4.69, 9.17) is 4.74 Å². The minimum atomic E-state index is -0.595. The lowest BCUT2D eigenvalue weighted by Gasteiger charge is -2.23. The van der Waals surface area contributed by atoms with Gasteiger partial charge in [0.05, 0.1) is 29.5 Å². The minimum absolute atomic E-state index is 0.0909. The van der Waals surface area contributed by atoms with Crippen molar-refractivity contribution in [1.29, 1.82) is 0 Å². The Bertz CT molecular complexity index is 1040. The highest BCUT2D eigenvalue weighted by Crippen LogP contribution is 2.39. The highest BCUT2D eigenvalue weighted by atomic mass is 16.5. The van der Waals surface area contributed by atoms with Crippen LogP contribution in [0.25, 0.3) is 5.69 Å². The third kappa shape index (κ3) is 3.07. The summed E-state index contributed by atoms with van der Waals surface area (Å²) in [7, 11) is 0. The number of hydrogen-bond acceptors (Lipinski definition) is 4. The number of amides is 1. The Kier molecular flexibility index (Phi) is 4.69. The van der Waals surface area contributed by atoms with E-state index in [1.54, 1.807) is 22.9 Å². The summed E-state index contributed by atoms with van der Waals surface area (Å²) in [5, 5.41) is 7.50. The molecule has 0 saturated carbocycles. The molecule has 3 aromatic rings. The van der Waals surface area contributed by atoms with Gasteiger partial charge < -0.3 is 10.1 Å². The number of hydrogen-bond donors (Lipinski definition) is 1. The molecule has 0 spiro atoms. The largest absolute Gasteiger partial charge is 0.493 e. The van der Waals surface area contributed by atoms with E-state index in [1.165, 1.54) is 0 Å². The van der Waals surface area contributed by atoms with Gasteiger partial charge in [-0.25, -0.2) is 4.68 Å². The van der Waals surface area contributed by atoms with Gasteiger partial charge in [0.25, 0.3) is 0 Å². The number of aromatic nitrogens is 2. The second-order valence-electron chi connectivity index (χ2n) is 6.69. The number of nitrogens with one attached hydrogen (secondary N) is 1. The van der Waals surface area contributed by atoms with Gasteiger partial charge in [-0.1, -0.05) is 30.3 Å². The highest BCUT2D eigenvalue weighted by molar-refractivity contribution is 6.09. The fourth-order valence-corrected chi connectivity index (χ4v) is 3.67. The van der Waals surface area contributed by atoms with E-state index in [0.29, 0.717) is 23.7 Å². The highest BCUT2D eigenvalue weighted by Gasteiger charge is 2.37. The molecule has 4 rings (SSSR count). The van der Waals surface area contributed by atoms with Crippen LogP contribution in [0.4, 0.5) is 5.82 Å². The van der Waals surface area contributed by atoms with Crippen molar-refractivity contribution < 1.29 is 14.3 Å². The summed E-state index contributed by atoms with van der Waals surface area (Å²) >= 11 is 0. The Morgan fingerprint density at radius 3 is 2.64 bits per heavy atom. The molecule has 2 heterocycles. The number of anilines is 1. The monoisotopic (exact) mass is 375 g/mol. The second-order valence-corrected chi connectivity index (χ2v) is 6.69. The molecule has 0 radical (unpaired) electrons. The van der Waals surface area contributed by atoms with Crippen molar-refractivity contribution in [1.82, 2.24) is 9.78 Å². The second kappa shape index (κ2) is 7.31. The number of para-hydroxylation sites is 2. The first-order valence-electron chi connectivity index (χ1n) is 9.31. The molecule has 1 aliphatic heterocycles. The van der Waals surface area contributed by atoms with Gasteiger partial charge in [-0.2, -0.15) is 5.10 Å². The van der Waals surface area contributed by atoms with Gasteiger partial charge >= 0.3 is 0 Å². The normalized spacial score (nSPS) is 15.6. The molecule has 0 aliphatic carbocycles. The summed E-state index contributed by atoms with van der Waals surface area (Å²) in [5.74, 6) is 0.179. The lowest BCUT2D eigenvalue weighted by Crippen LogP contribution is -2.28. The van der Waals surface area contributed by atoms with Crippen LogP contribution in [0, 0.1) is 6.92 Å². The summed E-state index contributed by atoms with van der Waals surface area (Å²) in [4.78, 5) is 25.8. The predicted molar refractivity (Wildman–Crippen MR) is 106 cm³/mol. The molecule has 1 aliphatic rings. The molecule has 0 fully saturated rings. The summed E-state index contributed by atoms with van der Waals surface area (Å²) in [6.45, 7) is 4.21. The van der Waals surface area contributed by atoms with Crippen molar-refractivity contribution >= 4 is 17.5 Å². The first-order chi connectivity index (χ1) is 13.6. The Morgan fingerprint density at radius 2 is 1.89 bits per heavy atom. The van der Waals surface area contributed by atoms with Gasteiger partial charge in [-0.05, 0) is 38.1 Å². The van der Waals surface area contributed by atoms with Gasteiger partial charge in [0.2, 0.25) is 5.91 Å². The number of benzene rings is 2. The summed E-state index contributed by atoms with van der Waals surface area (Å²) in [6, 6.07) is 16.7. The molecular formula is C22H21N3O3. The first kappa shape index (κ1) is 18.0. The maximum absolute atomic E-state index is 13.4. The third-order valence-electron chi connectivity index (χ3n) is 4.87. The summed E-state index contributed by atoms with van der Waals surface area (Å²) in [6.07, 6.45) is 0.0909. The maximum Gasteiger partial charge on any atom is 0.226 e. The fraction of sp³-hybridized carbons (Fsp3) is 0.227. The smallest absolute Gasteiger partial charge is 0.226 e. The van der Waals surface area contributed by atoms with Crippen molar-refractivity contribution in [2.45, 2.75) is 26.2 Å². The molecule has 142 valence electrons. The predicted octanol–water partition coefficient (Wildman–Crippen LogP) is 3.89. The third-order valence-corrected chi connectivity index (χ3v) is 4.87. The van der Waals surface area contributed by atoms with E-state index in [1.807, 2.05) is 50.2 Å². The van der Waals surface area contributed by atoms with E-state index in [9.17, 15) is 9.59 Å². The molecule has 1 atom stereocenters. The number of aryl methyl sites for hydroxylation is 1. The van der Waals surface area contributed by atoms with Crippen molar-refractivity contribution in [2.24, 2.45) is 0 Å². The van der Waals surface area contributed by atoms with Crippen LogP contribution in [0.3, 0.4) is 0 Å². The van der Waals surface area contributed by atoms with Gasteiger partial charge in [-0.15, -0.1) is 0 Å². The van der Waals surface area contributed by atoms with Crippen LogP contribution >= 0.6 is 0 Å². The number of fused-ring (bicyclic) bond motifs is 1. The average molecular weight is 375 g/mol. The van der Waals surface area contributed by atoms with Crippen molar-refractivity contribution in [2.75, 3.05) is 11.9 Å². The molecular weight excluding hydrogens is 354 g/mol. The van der Waals surface area contributed by atoms with Crippen molar-refractivity contribution in [3.8, 4) is 11.4 Å². The Labute approximate surface area is 163 Å². The Balaban J connectivity index is 1.81. The molecule has 28 heavy (non-hydrogen) atoms. The van der Waals surface area contributed by atoms with Crippen molar-refractivity contribution in [3.63, 3.8) is 0 Å². The number of carbonyl (C=O) groups is 2. The topological polar surface area (TPSA) is 73.2 Å². The summed E-state index contributed by atoms with van der Waals surface area (Å²) in [5.41, 5.74) is 2.81. The molecule has 6 heteroatoms. The van der Waals surface area contributed by atoms with Crippen LogP contribution in [0.5, 0.6) is 5.75 Å². The van der Waals surface area contributed by atoms with Crippen molar-refractivity contribution in [3.05, 3.63) is 71.4 Å². The standard InChI is InChI=1S/C22H21N3O3/c1-3-28-18-12-8-7-11-16(18)21(27)17-13-19(26)23-22-20(17)14(2)24-25(22)15-9-5-4-6-10-15/h4-12,17H,3,13H2,1-2H3,(H,23,26). The molecule has 0 saturated heterocycles. The van der Waals surface area contributed by atoms with Crippen LogP contribution in [0.2, 0.25) is 0 Å². The number of Topliss-reactive ketones (excluding diaryl/α,β-unsaturated/α-hetero) is 1. The molecule has 1 N–H and O–H groups in total. The molecule has 0 bridgehead atoms. The molecule has 1 amide bonds. The minimum Gasteiger partial charge on any atom is -0.493 e.